The number of benzene rings is 1. The van der Waals surface area contributed by atoms with Gasteiger partial charge in [0.05, 0.1) is 31.6 Å². The maximum absolute atomic E-state index is 8.94. The van der Waals surface area contributed by atoms with Crippen LogP contribution < -0.4 is 4.74 Å². The van der Waals surface area contributed by atoms with E-state index in [0.717, 1.165) is 30.6 Å². The molecule has 0 unspecified atom stereocenters. The number of hydrogen-bond donors (Lipinski definition) is 0. The number of halogens is 1. The third-order valence-corrected chi connectivity index (χ3v) is 3.64. The molecular formula is C16H18ClN3O. The number of hydrogen-bond acceptors (Lipinski definition) is 3. The second kappa shape index (κ2) is 7.70. The quantitative estimate of drug-likeness (QED) is 0.582. The van der Waals surface area contributed by atoms with E-state index in [0.29, 0.717) is 18.0 Å². The minimum absolute atomic E-state index is 0.601. The summed E-state index contributed by atoms with van der Waals surface area (Å²) in [6.45, 7) is 0.686. The molecule has 5 heteroatoms. The number of alkyl halides is 1. The van der Waals surface area contributed by atoms with Gasteiger partial charge in [-0.2, -0.15) is 5.26 Å². The Labute approximate surface area is 129 Å². The Hall–Kier alpha value is -1.99. The Morgan fingerprint density at radius 2 is 2.24 bits per heavy atom. The number of unbranched alkanes of at least 4 members (excludes halogenated alkanes) is 1. The fourth-order valence-corrected chi connectivity index (χ4v) is 2.42. The molecule has 4 nitrogen and oxygen atoms in total. The number of nitrogens with zero attached hydrogens (tertiary/aromatic N) is 3. The first-order chi connectivity index (χ1) is 10.3. The Morgan fingerprint density at radius 1 is 1.38 bits per heavy atom. The van der Waals surface area contributed by atoms with E-state index in [1.807, 2.05) is 24.7 Å². The standard InChI is InChI=1S/C16H18ClN3O/c1-21-16-8-13(9-18)5-6-14(16)11-20-12-19-10-15(20)4-2-3-7-17/h5-6,8,10,12H,2-4,7,11H2,1H3. The van der Waals surface area contributed by atoms with Gasteiger partial charge >= 0.3 is 0 Å². The number of ether oxygens (including phenoxy) is 1. The highest BCUT2D eigenvalue weighted by Crippen LogP contribution is 2.21. The van der Waals surface area contributed by atoms with Gasteiger partial charge in [0, 0.05) is 23.3 Å². The van der Waals surface area contributed by atoms with Gasteiger partial charge in [-0.1, -0.05) is 6.07 Å². The third-order valence-electron chi connectivity index (χ3n) is 3.37. The highest BCUT2D eigenvalue weighted by molar-refractivity contribution is 6.17. The van der Waals surface area contributed by atoms with Crippen LogP contribution in [0.4, 0.5) is 0 Å². The number of rotatable bonds is 7. The number of nitriles is 1. The average Bonchev–Trinajstić information content (AvgIpc) is 2.95. The molecule has 0 atom stereocenters. The SMILES string of the molecule is COc1cc(C#N)ccc1Cn1cncc1CCCCCl. The second-order valence-corrected chi connectivity index (χ2v) is 5.18. The lowest BCUT2D eigenvalue weighted by Crippen LogP contribution is -2.05. The van der Waals surface area contributed by atoms with Crippen LogP contribution in [0.25, 0.3) is 0 Å². The van der Waals surface area contributed by atoms with Crippen LogP contribution in [-0.2, 0) is 13.0 Å². The maximum atomic E-state index is 8.94. The molecule has 0 saturated heterocycles. The molecule has 0 fully saturated rings. The largest absolute Gasteiger partial charge is 0.496 e. The van der Waals surface area contributed by atoms with Gasteiger partial charge in [-0.05, 0) is 31.4 Å². The first-order valence-corrected chi connectivity index (χ1v) is 7.44. The lowest BCUT2D eigenvalue weighted by atomic mass is 10.1. The minimum Gasteiger partial charge on any atom is -0.496 e. The van der Waals surface area contributed by atoms with E-state index >= 15 is 0 Å². The molecule has 1 aromatic carbocycles. The van der Waals surface area contributed by atoms with Crippen molar-refractivity contribution in [2.24, 2.45) is 0 Å². The van der Waals surface area contributed by atoms with Crippen LogP contribution in [0.5, 0.6) is 5.75 Å². The molecule has 0 saturated carbocycles. The van der Waals surface area contributed by atoms with E-state index in [4.69, 9.17) is 21.6 Å². The Balaban J connectivity index is 2.15. The van der Waals surface area contributed by atoms with Gasteiger partial charge in [0.25, 0.3) is 0 Å². The monoisotopic (exact) mass is 303 g/mol. The molecule has 1 aromatic heterocycles. The molecule has 2 aromatic rings. The topological polar surface area (TPSA) is 50.8 Å². The summed E-state index contributed by atoms with van der Waals surface area (Å²) in [5, 5.41) is 8.94. The van der Waals surface area contributed by atoms with Crippen molar-refractivity contribution < 1.29 is 4.74 Å². The zero-order valence-electron chi connectivity index (χ0n) is 12.1. The van der Waals surface area contributed by atoms with Crippen molar-refractivity contribution in [2.75, 3.05) is 13.0 Å². The minimum atomic E-state index is 0.601. The smallest absolute Gasteiger partial charge is 0.125 e. The molecule has 0 aliphatic rings. The fourth-order valence-electron chi connectivity index (χ4n) is 2.23. The fraction of sp³-hybridized carbons (Fsp3) is 0.375. The van der Waals surface area contributed by atoms with Crippen LogP contribution in [0, 0.1) is 11.3 Å². The van der Waals surface area contributed by atoms with Gasteiger partial charge in [-0.25, -0.2) is 4.98 Å². The van der Waals surface area contributed by atoms with E-state index < -0.39 is 0 Å². The molecule has 0 bridgehead atoms. The van der Waals surface area contributed by atoms with E-state index in [1.165, 1.54) is 5.69 Å². The normalized spacial score (nSPS) is 10.3. The van der Waals surface area contributed by atoms with E-state index in [9.17, 15) is 0 Å². The summed E-state index contributed by atoms with van der Waals surface area (Å²) in [5.74, 6) is 1.42. The molecule has 0 amide bonds. The average molecular weight is 304 g/mol. The van der Waals surface area contributed by atoms with Crippen LogP contribution >= 0.6 is 11.6 Å². The molecule has 110 valence electrons. The van der Waals surface area contributed by atoms with Crippen LogP contribution in [0.15, 0.2) is 30.7 Å². The first kappa shape index (κ1) is 15.4. The molecular weight excluding hydrogens is 286 g/mol. The van der Waals surface area contributed by atoms with Gasteiger partial charge < -0.3 is 9.30 Å². The lowest BCUT2D eigenvalue weighted by Gasteiger charge is -2.12. The van der Waals surface area contributed by atoms with E-state index in [1.54, 1.807) is 13.2 Å². The van der Waals surface area contributed by atoms with E-state index in [-0.39, 0.29) is 0 Å². The molecule has 0 radical (unpaired) electrons. The van der Waals surface area contributed by atoms with Crippen molar-refractivity contribution >= 4 is 11.6 Å². The summed E-state index contributed by atoms with van der Waals surface area (Å²) in [7, 11) is 1.62. The summed E-state index contributed by atoms with van der Waals surface area (Å²) in [6, 6.07) is 7.62. The number of imidazole rings is 1. The van der Waals surface area contributed by atoms with Crippen molar-refractivity contribution in [3.05, 3.63) is 47.5 Å². The summed E-state index contributed by atoms with van der Waals surface area (Å²) in [6.07, 6.45) is 6.75. The predicted octanol–water partition coefficient (Wildman–Crippen LogP) is 3.37. The maximum Gasteiger partial charge on any atom is 0.125 e. The van der Waals surface area contributed by atoms with Crippen molar-refractivity contribution in [1.29, 1.82) is 5.26 Å². The summed E-state index contributed by atoms with van der Waals surface area (Å²) in [5.41, 5.74) is 2.82. The van der Waals surface area contributed by atoms with Gasteiger partial charge in [-0.3, -0.25) is 0 Å². The highest BCUT2D eigenvalue weighted by Gasteiger charge is 2.08. The Bertz CT molecular complexity index is 631. The molecule has 21 heavy (non-hydrogen) atoms. The zero-order chi connectivity index (χ0) is 15.1. The molecule has 0 N–H and O–H groups in total. The molecule has 2 rings (SSSR count). The second-order valence-electron chi connectivity index (χ2n) is 4.80. The lowest BCUT2D eigenvalue weighted by molar-refractivity contribution is 0.408. The zero-order valence-corrected chi connectivity index (χ0v) is 12.8. The van der Waals surface area contributed by atoms with Crippen molar-refractivity contribution in [3.8, 4) is 11.8 Å². The van der Waals surface area contributed by atoms with Crippen LogP contribution in [0.1, 0.15) is 29.7 Å². The third kappa shape index (κ3) is 3.99. The number of aryl methyl sites for hydroxylation is 1. The van der Waals surface area contributed by atoms with E-state index in [2.05, 4.69) is 15.6 Å². The summed E-state index contributed by atoms with van der Waals surface area (Å²) >= 11 is 5.71. The van der Waals surface area contributed by atoms with Crippen LogP contribution in [0.2, 0.25) is 0 Å². The summed E-state index contributed by atoms with van der Waals surface area (Å²) < 4.78 is 7.48. The van der Waals surface area contributed by atoms with Crippen molar-refractivity contribution in [1.82, 2.24) is 9.55 Å². The van der Waals surface area contributed by atoms with Gasteiger partial charge in [0.2, 0.25) is 0 Å². The number of methoxy groups -OCH3 is 1. The number of aromatic nitrogens is 2. The molecule has 0 aliphatic heterocycles. The highest BCUT2D eigenvalue weighted by atomic mass is 35.5. The van der Waals surface area contributed by atoms with Gasteiger partial charge in [-0.15, -0.1) is 11.6 Å². The molecule has 0 spiro atoms. The van der Waals surface area contributed by atoms with Crippen molar-refractivity contribution in [2.45, 2.75) is 25.8 Å². The Kier molecular flexibility index (Phi) is 5.65. The van der Waals surface area contributed by atoms with Crippen molar-refractivity contribution in [3.63, 3.8) is 0 Å². The first-order valence-electron chi connectivity index (χ1n) is 6.90. The Morgan fingerprint density at radius 3 is 2.95 bits per heavy atom. The van der Waals surface area contributed by atoms with Gasteiger partial charge in [0.1, 0.15) is 5.75 Å². The summed E-state index contributed by atoms with van der Waals surface area (Å²) in [4.78, 5) is 4.22. The van der Waals surface area contributed by atoms with Gasteiger partial charge in [0.15, 0.2) is 0 Å². The predicted molar refractivity (Wildman–Crippen MR) is 82.7 cm³/mol. The molecule has 0 aliphatic carbocycles. The molecule has 1 heterocycles. The van der Waals surface area contributed by atoms with Crippen LogP contribution in [-0.4, -0.2) is 22.5 Å². The van der Waals surface area contributed by atoms with Crippen LogP contribution in [0.3, 0.4) is 0 Å².